The molecule has 3 rings (SSSR count). The van der Waals surface area contributed by atoms with Crippen LogP contribution in [0.2, 0.25) is 5.02 Å². The van der Waals surface area contributed by atoms with Gasteiger partial charge in [0.05, 0.1) is 0 Å². The van der Waals surface area contributed by atoms with Crippen LogP contribution in [0.4, 0.5) is 11.5 Å². The molecule has 0 N–H and O–H groups in total. The highest BCUT2D eigenvalue weighted by Gasteiger charge is 2.18. The standard InChI is InChI=1S/C19H26ClN5O2/c1-21(17-14-18(26)23(3)19(27)22(17)2)8-9-24-10-12-25(13-11-24)16-6-4-15(20)5-7-16/h4-7,14H,8-13H2,1-3H3. The number of anilines is 2. The molecule has 0 saturated carbocycles. The lowest BCUT2D eigenvalue weighted by molar-refractivity contribution is 0.263. The Kier molecular flexibility index (Phi) is 5.92. The third kappa shape index (κ3) is 4.36. The lowest BCUT2D eigenvalue weighted by Crippen LogP contribution is -2.48. The molecule has 0 aliphatic carbocycles. The van der Waals surface area contributed by atoms with E-state index in [0.717, 1.165) is 48.9 Å². The van der Waals surface area contributed by atoms with Crippen molar-refractivity contribution >= 4 is 23.1 Å². The van der Waals surface area contributed by atoms with E-state index >= 15 is 0 Å². The molecule has 7 nitrogen and oxygen atoms in total. The van der Waals surface area contributed by atoms with E-state index in [1.165, 1.54) is 23.4 Å². The van der Waals surface area contributed by atoms with E-state index in [0.29, 0.717) is 5.82 Å². The van der Waals surface area contributed by atoms with Crippen LogP contribution < -0.4 is 21.0 Å². The minimum absolute atomic E-state index is 0.281. The first kappa shape index (κ1) is 19.5. The average Bonchev–Trinajstić information content (AvgIpc) is 2.68. The van der Waals surface area contributed by atoms with Crippen molar-refractivity contribution in [2.45, 2.75) is 0 Å². The van der Waals surface area contributed by atoms with Crippen molar-refractivity contribution < 1.29 is 0 Å². The molecule has 0 amide bonds. The molecule has 0 atom stereocenters. The number of rotatable bonds is 5. The highest BCUT2D eigenvalue weighted by Crippen LogP contribution is 2.19. The fourth-order valence-corrected chi connectivity index (χ4v) is 3.50. The summed E-state index contributed by atoms with van der Waals surface area (Å²) in [5.41, 5.74) is 0.615. The van der Waals surface area contributed by atoms with Crippen LogP contribution in [-0.2, 0) is 14.1 Å². The van der Waals surface area contributed by atoms with E-state index in [1.54, 1.807) is 7.05 Å². The monoisotopic (exact) mass is 391 g/mol. The first-order chi connectivity index (χ1) is 12.9. The van der Waals surface area contributed by atoms with Gasteiger partial charge in [-0.05, 0) is 24.3 Å². The van der Waals surface area contributed by atoms with Crippen molar-refractivity contribution in [2.75, 3.05) is 56.1 Å². The molecule has 0 unspecified atom stereocenters. The van der Waals surface area contributed by atoms with E-state index < -0.39 is 0 Å². The molecule has 2 aromatic rings. The molecule has 8 heteroatoms. The van der Waals surface area contributed by atoms with Crippen molar-refractivity contribution in [3.63, 3.8) is 0 Å². The minimum atomic E-state index is -0.305. The molecule has 2 heterocycles. The third-order valence-electron chi connectivity index (χ3n) is 5.21. The number of aromatic nitrogens is 2. The molecule has 1 aliphatic heterocycles. The molecule has 0 radical (unpaired) electrons. The molecule has 1 fully saturated rings. The van der Waals surface area contributed by atoms with Crippen LogP contribution in [0.3, 0.4) is 0 Å². The maximum Gasteiger partial charge on any atom is 0.332 e. The third-order valence-corrected chi connectivity index (χ3v) is 5.46. The average molecular weight is 392 g/mol. The number of hydrogen-bond donors (Lipinski definition) is 0. The summed E-state index contributed by atoms with van der Waals surface area (Å²) in [7, 11) is 5.10. The molecule has 1 aliphatic rings. The largest absolute Gasteiger partial charge is 0.369 e. The minimum Gasteiger partial charge on any atom is -0.369 e. The number of nitrogens with zero attached hydrogens (tertiary/aromatic N) is 5. The van der Waals surface area contributed by atoms with Gasteiger partial charge in [0.25, 0.3) is 5.56 Å². The molecule has 0 spiro atoms. The van der Waals surface area contributed by atoms with Crippen LogP contribution >= 0.6 is 11.6 Å². The fraction of sp³-hybridized carbons (Fsp3) is 0.474. The van der Waals surface area contributed by atoms with Gasteiger partial charge in [-0.2, -0.15) is 0 Å². The van der Waals surface area contributed by atoms with E-state index in [2.05, 4.69) is 21.9 Å². The lowest BCUT2D eigenvalue weighted by Gasteiger charge is -2.37. The molecular formula is C19H26ClN5O2. The molecule has 146 valence electrons. The molecule has 1 aromatic carbocycles. The first-order valence-corrected chi connectivity index (χ1v) is 9.45. The van der Waals surface area contributed by atoms with Crippen LogP contribution in [0.25, 0.3) is 0 Å². The van der Waals surface area contributed by atoms with Crippen LogP contribution in [-0.4, -0.2) is 60.4 Å². The number of halogens is 1. The SMILES string of the molecule is CN(CCN1CCN(c2ccc(Cl)cc2)CC1)c1cc(=O)n(C)c(=O)n1C. The van der Waals surface area contributed by atoms with Crippen molar-refractivity contribution in [1.29, 1.82) is 0 Å². The zero-order valence-electron chi connectivity index (χ0n) is 16.1. The molecule has 0 bridgehead atoms. The van der Waals surface area contributed by atoms with E-state index in [1.807, 2.05) is 24.1 Å². The molecule has 1 aromatic heterocycles. The molecule has 1 saturated heterocycles. The van der Waals surface area contributed by atoms with Crippen molar-refractivity contribution in [1.82, 2.24) is 14.0 Å². The zero-order valence-corrected chi connectivity index (χ0v) is 16.8. The number of hydrogen-bond acceptors (Lipinski definition) is 5. The summed E-state index contributed by atoms with van der Waals surface area (Å²) in [6.07, 6.45) is 0. The van der Waals surface area contributed by atoms with Gasteiger partial charge in [-0.1, -0.05) is 11.6 Å². The Hall–Kier alpha value is -2.25. The normalized spacial score (nSPS) is 15.2. The topological polar surface area (TPSA) is 53.7 Å². The Morgan fingerprint density at radius 2 is 1.63 bits per heavy atom. The van der Waals surface area contributed by atoms with Gasteiger partial charge >= 0.3 is 5.69 Å². The summed E-state index contributed by atoms with van der Waals surface area (Å²) in [5, 5.41) is 0.755. The van der Waals surface area contributed by atoms with Gasteiger partial charge in [-0.15, -0.1) is 0 Å². The number of benzene rings is 1. The van der Waals surface area contributed by atoms with Gasteiger partial charge in [0.15, 0.2) is 0 Å². The van der Waals surface area contributed by atoms with Crippen LogP contribution in [0.1, 0.15) is 0 Å². The Morgan fingerprint density at radius 1 is 1.00 bits per heavy atom. The van der Waals surface area contributed by atoms with E-state index in [4.69, 9.17) is 11.6 Å². The van der Waals surface area contributed by atoms with E-state index in [-0.39, 0.29) is 11.2 Å². The summed E-state index contributed by atoms with van der Waals surface area (Å²) < 4.78 is 2.63. The fourth-order valence-electron chi connectivity index (χ4n) is 3.38. The first-order valence-electron chi connectivity index (χ1n) is 9.08. The summed E-state index contributed by atoms with van der Waals surface area (Å²) >= 11 is 5.96. The van der Waals surface area contributed by atoms with Gasteiger partial charge < -0.3 is 9.80 Å². The summed E-state index contributed by atoms with van der Waals surface area (Å²) in [4.78, 5) is 30.7. The van der Waals surface area contributed by atoms with Gasteiger partial charge in [-0.25, -0.2) is 4.79 Å². The predicted molar refractivity (Wildman–Crippen MR) is 110 cm³/mol. The summed E-state index contributed by atoms with van der Waals surface area (Å²) in [6, 6.07) is 9.48. The summed E-state index contributed by atoms with van der Waals surface area (Å²) in [6.45, 7) is 5.53. The van der Waals surface area contributed by atoms with Crippen molar-refractivity contribution in [3.05, 3.63) is 56.2 Å². The van der Waals surface area contributed by atoms with Gasteiger partial charge in [-0.3, -0.25) is 18.8 Å². The maximum atomic E-state index is 12.1. The lowest BCUT2D eigenvalue weighted by atomic mass is 10.2. The highest BCUT2D eigenvalue weighted by atomic mass is 35.5. The van der Waals surface area contributed by atoms with Crippen molar-refractivity contribution in [3.8, 4) is 0 Å². The molecule has 27 heavy (non-hydrogen) atoms. The van der Waals surface area contributed by atoms with Crippen LogP contribution in [0.5, 0.6) is 0 Å². The Balaban J connectivity index is 1.55. The van der Waals surface area contributed by atoms with Gasteiger partial charge in [0, 0.05) is 77.2 Å². The second-order valence-electron chi connectivity index (χ2n) is 6.97. The summed E-state index contributed by atoms with van der Waals surface area (Å²) in [5.74, 6) is 0.642. The van der Waals surface area contributed by atoms with Crippen molar-refractivity contribution in [2.24, 2.45) is 14.1 Å². The number of piperazine rings is 1. The Labute approximate surface area is 164 Å². The zero-order chi connectivity index (χ0) is 19.6. The molecular weight excluding hydrogens is 366 g/mol. The maximum absolute atomic E-state index is 12.1. The Morgan fingerprint density at radius 3 is 2.26 bits per heavy atom. The van der Waals surface area contributed by atoms with Crippen LogP contribution in [0, 0.1) is 0 Å². The van der Waals surface area contributed by atoms with Gasteiger partial charge in [0.1, 0.15) is 5.82 Å². The number of likely N-dealkylation sites (N-methyl/N-ethyl adjacent to an activating group) is 1. The van der Waals surface area contributed by atoms with Gasteiger partial charge in [0.2, 0.25) is 0 Å². The second-order valence-corrected chi connectivity index (χ2v) is 7.40. The Bertz CT molecular complexity index is 898. The highest BCUT2D eigenvalue weighted by molar-refractivity contribution is 6.30. The predicted octanol–water partition coefficient (Wildman–Crippen LogP) is 0.996. The smallest absolute Gasteiger partial charge is 0.332 e. The van der Waals surface area contributed by atoms with Crippen LogP contribution in [0.15, 0.2) is 39.9 Å². The van der Waals surface area contributed by atoms with E-state index in [9.17, 15) is 9.59 Å². The quantitative estimate of drug-likeness (QED) is 0.761. The second kappa shape index (κ2) is 8.19.